The smallest absolute Gasteiger partial charge is 0.351 e. The summed E-state index contributed by atoms with van der Waals surface area (Å²) in [5.74, 6) is -0.288. The second kappa shape index (κ2) is 7.94. The Balaban J connectivity index is 1.67. The minimum atomic E-state index is -0.993. The third-order valence-corrected chi connectivity index (χ3v) is 5.55. The van der Waals surface area contributed by atoms with Gasteiger partial charge < -0.3 is 14.5 Å². The zero-order valence-electron chi connectivity index (χ0n) is 15.9. The summed E-state index contributed by atoms with van der Waals surface area (Å²) in [5.41, 5.74) is -0.598. The average molecular weight is 371 g/mol. The lowest BCUT2D eigenvalue weighted by molar-refractivity contribution is -0.130. The molecule has 1 aliphatic carbocycles. The molecule has 4 atom stereocenters. The second-order valence-electron chi connectivity index (χ2n) is 7.42. The number of para-hydroxylation sites is 1. The van der Waals surface area contributed by atoms with Gasteiger partial charge in [-0.25, -0.2) is 9.59 Å². The van der Waals surface area contributed by atoms with Gasteiger partial charge in [-0.05, 0) is 37.3 Å². The first-order valence-corrected chi connectivity index (χ1v) is 9.41. The van der Waals surface area contributed by atoms with E-state index in [4.69, 9.17) is 9.15 Å². The molecule has 0 bridgehead atoms. The van der Waals surface area contributed by atoms with Crippen LogP contribution in [0.2, 0.25) is 0 Å². The predicted octanol–water partition coefficient (Wildman–Crippen LogP) is 3.28. The van der Waals surface area contributed by atoms with E-state index in [0.29, 0.717) is 22.8 Å². The molecular formula is C21H25NO5. The number of nitrogens with one attached hydrogen (secondary N) is 1. The fourth-order valence-corrected chi connectivity index (χ4v) is 3.57. The minimum Gasteiger partial charge on any atom is -0.449 e. The van der Waals surface area contributed by atoms with E-state index in [2.05, 4.69) is 19.2 Å². The second-order valence-corrected chi connectivity index (χ2v) is 7.42. The monoisotopic (exact) mass is 371 g/mol. The number of esters is 1. The van der Waals surface area contributed by atoms with Crippen LogP contribution in [-0.2, 0) is 9.53 Å². The van der Waals surface area contributed by atoms with Crippen molar-refractivity contribution in [3.63, 3.8) is 0 Å². The van der Waals surface area contributed by atoms with Crippen molar-refractivity contribution in [1.82, 2.24) is 5.32 Å². The van der Waals surface area contributed by atoms with Gasteiger partial charge in [0.15, 0.2) is 6.10 Å². The number of benzene rings is 1. The largest absolute Gasteiger partial charge is 0.449 e. The van der Waals surface area contributed by atoms with Gasteiger partial charge in [0.2, 0.25) is 0 Å². The maximum Gasteiger partial charge on any atom is 0.351 e. The molecule has 1 heterocycles. The van der Waals surface area contributed by atoms with Crippen LogP contribution in [0, 0.1) is 11.8 Å². The van der Waals surface area contributed by atoms with E-state index in [1.54, 1.807) is 24.3 Å². The summed E-state index contributed by atoms with van der Waals surface area (Å²) in [6, 6.07) is 8.40. The van der Waals surface area contributed by atoms with Crippen molar-refractivity contribution in [3.8, 4) is 0 Å². The van der Waals surface area contributed by atoms with E-state index in [1.165, 1.54) is 13.0 Å². The molecule has 1 aromatic carbocycles. The molecule has 1 aromatic heterocycles. The lowest BCUT2D eigenvalue weighted by atomic mass is 9.78. The molecule has 6 heteroatoms. The molecule has 0 aliphatic heterocycles. The van der Waals surface area contributed by atoms with E-state index in [9.17, 15) is 14.4 Å². The lowest BCUT2D eigenvalue weighted by Gasteiger charge is -2.35. The Morgan fingerprint density at radius 2 is 1.96 bits per heavy atom. The number of fused-ring (bicyclic) bond motifs is 1. The molecule has 27 heavy (non-hydrogen) atoms. The number of hydrogen-bond donors (Lipinski definition) is 1. The van der Waals surface area contributed by atoms with Crippen LogP contribution in [0.1, 0.15) is 50.4 Å². The van der Waals surface area contributed by atoms with Crippen LogP contribution in [0.4, 0.5) is 0 Å². The highest BCUT2D eigenvalue weighted by atomic mass is 16.5. The first-order valence-electron chi connectivity index (χ1n) is 9.41. The van der Waals surface area contributed by atoms with E-state index >= 15 is 0 Å². The third-order valence-electron chi connectivity index (χ3n) is 5.55. The van der Waals surface area contributed by atoms with E-state index in [0.717, 1.165) is 19.3 Å². The molecular weight excluding hydrogens is 346 g/mol. The Morgan fingerprint density at radius 1 is 1.22 bits per heavy atom. The first kappa shape index (κ1) is 19.1. The summed E-state index contributed by atoms with van der Waals surface area (Å²) >= 11 is 0. The van der Waals surface area contributed by atoms with Crippen molar-refractivity contribution in [3.05, 3.63) is 46.3 Å². The van der Waals surface area contributed by atoms with Gasteiger partial charge in [0.05, 0.1) is 0 Å². The Hall–Kier alpha value is -2.63. The molecule has 0 unspecified atom stereocenters. The predicted molar refractivity (Wildman–Crippen MR) is 101 cm³/mol. The fourth-order valence-electron chi connectivity index (χ4n) is 3.57. The van der Waals surface area contributed by atoms with Gasteiger partial charge in [0, 0.05) is 11.4 Å². The zero-order valence-corrected chi connectivity index (χ0v) is 15.9. The SMILES string of the molecule is C[C@H]1[C@@H](NC(=O)[C@@H](C)OC(=O)c2cc3ccccc3oc2=O)CCC[C@@H]1C. The summed E-state index contributed by atoms with van der Waals surface area (Å²) < 4.78 is 10.4. The number of ether oxygens (including phenoxy) is 1. The molecule has 1 amide bonds. The normalized spacial score (nSPS) is 23.6. The number of carbonyl (C=O) groups is 2. The van der Waals surface area contributed by atoms with Crippen LogP contribution in [0.3, 0.4) is 0 Å². The van der Waals surface area contributed by atoms with Gasteiger partial charge in [-0.1, -0.05) is 44.9 Å². The Bertz CT molecular complexity index is 903. The standard InChI is InChI=1S/C21H25NO5/c1-12-7-6-9-17(13(12)2)22-19(23)14(3)26-20(24)16-11-15-8-4-5-10-18(15)27-21(16)25/h4-5,8,10-14,17H,6-7,9H2,1-3H3,(H,22,23)/t12-,13+,14+,17-/m0/s1. The van der Waals surface area contributed by atoms with Gasteiger partial charge in [-0.15, -0.1) is 0 Å². The molecule has 1 N–H and O–H groups in total. The van der Waals surface area contributed by atoms with E-state index in [1.807, 2.05) is 0 Å². The molecule has 2 aromatic rings. The molecule has 6 nitrogen and oxygen atoms in total. The van der Waals surface area contributed by atoms with Crippen LogP contribution >= 0.6 is 0 Å². The van der Waals surface area contributed by atoms with Gasteiger partial charge in [0.1, 0.15) is 11.1 Å². The van der Waals surface area contributed by atoms with Crippen molar-refractivity contribution in [1.29, 1.82) is 0 Å². The van der Waals surface area contributed by atoms with Crippen LogP contribution in [0.15, 0.2) is 39.5 Å². The Morgan fingerprint density at radius 3 is 2.74 bits per heavy atom. The van der Waals surface area contributed by atoms with Crippen LogP contribution in [-0.4, -0.2) is 24.0 Å². The summed E-state index contributed by atoms with van der Waals surface area (Å²) in [6.45, 7) is 5.82. The van der Waals surface area contributed by atoms with Crippen molar-refractivity contribution < 1.29 is 18.7 Å². The van der Waals surface area contributed by atoms with E-state index < -0.39 is 17.7 Å². The maximum absolute atomic E-state index is 12.4. The third kappa shape index (κ3) is 4.21. The number of rotatable bonds is 4. The van der Waals surface area contributed by atoms with Crippen LogP contribution < -0.4 is 10.9 Å². The molecule has 0 saturated heterocycles. The molecule has 1 fully saturated rings. The highest BCUT2D eigenvalue weighted by molar-refractivity contribution is 5.94. The first-order chi connectivity index (χ1) is 12.9. The van der Waals surface area contributed by atoms with Crippen molar-refractivity contribution >= 4 is 22.8 Å². The number of carbonyl (C=O) groups excluding carboxylic acids is 2. The topological polar surface area (TPSA) is 85.6 Å². The summed E-state index contributed by atoms with van der Waals surface area (Å²) in [7, 11) is 0. The van der Waals surface area contributed by atoms with Gasteiger partial charge in [-0.2, -0.15) is 0 Å². The molecule has 1 aliphatic rings. The summed E-state index contributed by atoms with van der Waals surface area (Å²) in [6.07, 6.45) is 2.16. The molecule has 1 saturated carbocycles. The fraction of sp³-hybridized carbons (Fsp3) is 0.476. The number of amides is 1. The highest BCUT2D eigenvalue weighted by Gasteiger charge is 2.30. The minimum absolute atomic E-state index is 0.0770. The molecule has 3 rings (SSSR count). The summed E-state index contributed by atoms with van der Waals surface area (Å²) in [5, 5.41) is 3.60. The van der Waals surface area contributed by atoms with Gasteiger partial charge in [-0.3, -0.25) is 4.79 Å². The van der Waals surface area contributed by atoms with Crippen molar-refractivity contribution in [2.45, 2.75) is 52.2 Å². The highest BCUT2D eigenvalue weighted by Crippen LogP contribution is 2.29. The molecule has 144 valence electrons. The van der Waals surface area contributed by atoms with Crippen molar-refractivity contribution in [2.24, 2.45) is 11.8 Å². The average Bonchev–Trinajstić information content (AvgIpc) is 2.64. The molecule has 0 spiro atoms. The Kier molecular flexibility index (Phi) is 5.63. The maximum atomic E-state index is 12.4. The van der Waals surface area contributed by atoms with Gasteiger partial charge in [0.25, 0.3) is 5.91 Å². The van der Waals surface area contributed by atoms with Crippen LogP contribution in [0.5, 0.6) is 0 Å². The summed E-state index contributed by atoms with van der Waals surface area (Å²) in [4.78, 5) is 36.9. The van der Waals surface area contributed by atoms with Crippen LogP contribution in [0.25, 0.3) is 11.0 Å². The molecule has 0 radical (unpaired) electrons. The van der Waals surface area contributed by atoms with Gasteiger partial charge >= 0.3 is 11.6 Å². The number of hydrogen-bond acceptors (Lipinski definition) is 5. The lowest BCUT2D eigenvalue weighted by Crippen LogP contribution is -2.47. The quantitative estimate of drug-likeness (QED) is 0.658. The Labute approximate surface area is 157 Å². The van der Waals surface area contributed by atoms with E-state index in [-0.39, 0.29) is 17.5 Å². The van der Waals surface area contributed by atoms with Crippen molar-refractivity contribution in [2.75, 3.05) is 0 Å². The zero-order chi connectivity index (χ0) is 19.6.